The molecule has 0 atom stereocenters. The van der Waals surface area contributed by atoms with Crippen molar-refractivity contribution in [2.45, 2.75) is 32.1 Å². The van der Waals surface area contributed by atoms with Gasteiger partial charge in [-0.25, -0.2) is 9.92 Å². The van der Waals surface area contributed by atoms with Crippen molar-refractivity contribution >= 4 is 17.0 Å². The van der Waals surface area contributed by atoms with Gasteiger partial charge in [0.05, 0.1) is 28.9 Å². The number of halogens is 1. The van der Waals surface area contributed by atoms with Gasteiger partial charge in [-0.15, -0.1) is 0 Å². The molecule has 1 aliphatic carbocycles. The molecule has 0 amide bonds. The molecule has 1 N–H and O–H groups in total. The molecule has 0 unspecified atom stereocenters. The molecule has 0 bridgehead atoms. The van der Waals surface area contributed by atoms with E-state index in [1.54, 1.807) is 0 Å². The van der Waals surface area contributed by atoms with E-state index in [1.165, 1.54) is 17.2 Å². The normalized spacial score (nSPS) is 12.4. The maximum absolute atomic E-state index is 15.0. The van der Waals surface area contributed by atoms with Gasteiger partial charge in [0, 0.05) is 11.1 Å². The number of hydrogen-bond acceptors (Lipinski definition) is 4. The second-order valence-corrected chi connectivity index (χ2v) is 7.40. The highest BCUT2D eigenvalue weighted by molar-refractivity contribution is 5.91. The lowest BCUT2D eigenvalue weighted by atomic mass is 9.98. The van der Waals surface area contributed by atoms with Gasteiger partial charge < -0.3 is 4.57 Å². The molecule has 2 aromatic carbocycles. The fourth-order valence-corrected chi connectivity index (χ4v) is 4.14. The molecule has 0 aliphatic heterocycles. The summed E-state index contributed by atoms with van der Waals surface area (Å²) in [5.74, 6) is -0.521. The van der Waals surface area contributed by atoms with Crippen LogP contribution in [0.3, 0.4) is 0 Å². The van der Waals surface area contributed by atoms with E-state index < -0.39 is 5.82 Å². The molecule has 148 valence electrons. The first kappa shape index (κ1) is 19.5. The molecule has 0 radical (unpaired) electrons. The van der Waals surface area contributed by atoms with Crippen LogP contribution in [0, 0.1) is 34.0 Å². The van der Waals surface area contributed by atoms with Crippen LogP contribution in [0.25, 0.3) is 22.7 Å². The molecular formula is C24H20FN5. The maximum atomic E-state index is 15.0. The smallest absolute Gasteiger partial charge is 0.148 e. The molecule has 1 aromatic heterocycles. The fourth-order valence-electron chi connectivity index (χ4n) is 4.14. The van der Waals surface area contributed by atoms with Crippen LogP contribution in [0.5, 0.6) is 0 Å². The number of aryl methyl sites for hydroxylation is 2. The Balaban J connectivity index is 1.88. The van der Waals surface area contributed by atoms with Crippen molar-refractivity contribution in [3.8, 4) is 17.8 Å². The van der Waals surface area contributed by atoms with Gasteiger partial charge in [0.25, 0.3) is 0 Å². The Labute approximate surface area is 174 Å². The van der Waals surface area contributed by atoms with Crippen molar-refractivity contribution < 1.29 is 4.39 Å². The number of hydrogen-bond donors (Lipinski definition) is 1. The standard InChI is InChI=1S/C24H20FN5/c25-21-12-17(14-26)18(15-27)13-24(21)30-22-7-2-1-6-19(22)20-11-16(8-9-23(20)30)5-3-4-10-29-28/h2,7-9,11-13,28H,1,3-6,10H2. The zero-order valence-corrected chi connectivity index (χ0v) is 16.5. The van der Waals surface area contributed by atoms with Crippen LogP contribution in [-0.2, 0) is 12.8 Å². The molecule has 6 heteroatoms. The summed E-state index contributed by atoms with van der Waals surface area (Å²) in [6, 6.07) is 12.7. The van der Waals surface area contributed by atoms with E-state index in [0.29, 0.717) is 6.54 Å². The van der Waals surface area contributed by atoms with Crippen molar-refractivity contribution in [1.29, 1.82) is 16.1 Å². The Bertz CT molecular complexity index is 1250. The lowest BCUT2D eigenvalue weighted by molar-refractivity contribution is 0.618. The minimum atomic E-state index is -0.521. The third-order valence-corrected chi connectivity index (χ3v) is 5.57. The number of fused-ring (bicyclic) bond motifs is 3. The van der Waals surface area contributed by atoms with Gasteiger partial charge in [-0.3, -0.25) is 0 Å². The number of nitrogens with zero attached hydrogens (tertiary/aromatic N) is 4. The van der Waals surface area contributed by atoms with Gasteiger partial charge in [-0.2, -0.15) is 15.6 Å². The molecule has 0 spiro atoms. The zero-order valence-electron chi connectivity index (χ0n) is 16.5. The van der Waals surface area contributed by atoms with Crippen molar-refractivity contribution in [3.05, 3.63) is 70.2 Å². The Morgan fingerprint density at radius 3 is 2.67 bits per heavy atom. The number of benzene rings is 2. The first-order valence-electron chi connectivity index (χ1n) is 9.98. The third kappa shape index (κ3) is 3.38. The number of nitrogens with one attached hydrogen (secondary N) is 1. The molecule has 0 fully saturated rings. The summed E-state index contributed by atoms with van der Waals surface area (Å²) in [5.41, 5.74) is 11.6. The summed E-state index contributed by atoms with van der Waals surface area (Å²) in [6.07, 6.45) is 8.65. The lowest BCUT2D eigenvalue weighted by Gasteiger charge is -2.13. The van der Waals surface area contributed by atoms with E-state index in [0.717, 1.165) is 54.8 Å². The van der Waals surface area contributed by atoms with E-state index in [2.05, 4.69) is 23.3 Å². The first-order valence-corrected chi connectivity index (χ1v) is 9.98. The average molecular weight is 397 g/mol. The summed E-state index contributed by atoms with van der Waals surface area (Å²) in [6.45, 7) is 0.554. The highest BCUT2D eigenvalue weighted by Gasteiger charge is 2.21. The fraction of sp³-hybridized carbons (Fsp3) is 0.250. The number of aromatic nitrogens is 1. The van der Waals surface area contributed by atoms with E-state index in [4.69, 9.17) is 5.53 Å². The highest BCUT2D eigenvalue weighted by Crippen LogP contribution is 2.36. The second-order valence-electron chi connectivity index (χ2n) is 7.40. The summed E-state index contributed by atoms with van der Waals surface area (Å²) >= 11 is 0. The Kier molecular flexibility index (Phi) is 5.41. The summed E-state index contributed by atoms with van der Waals surface area (Å²) in [7, 11) is 0. The van der Waals surface area contributed by atoms with E-state index in [1.807, 2.05) is 28.8 Å². The van der Waals surface area contributed by atoms with Crippen molar-refractivity contribution in [2.24, 2.45) is 5.11 Å². The maximum Gasteiger partial charge on any atom is 0.148 e. The summed E-state index contributed by atoms with van der Waals surface area (Å²) < 4.78 is 16.9. The minimum absolute atomic E-state index is 0.0429. The monoisotopic (exact) mass is 397 g/mol. The largest absolute Gasteiger partial charge is 0.307 e. The molecular weight excluding hydrogens is 377 g/mol. The van der Waals surface area contributed by atoms with Gasteiger partial charge in [-0.05, 0) is 73.6 Å². The lowest BCUT2D eigenvalue weighted by Crippen LogP contribution is -2.04. The molecule has 1 aliphatic rings. The van der Waals surface area contributed by atoms with Crippen LogP contribution >= 0.6 is 0 Å². The van der Waals surface area contributed by atoms with Crippen molar-refractivity contribution in [3.63, 3.8) is 0 Å². The van der Waals surface area contributed by atoms with Gasteiger partial charge >= 0.3 is 0 Å². The first-order chi connectivity index (χ1) is 14.7. The van der Waals surface area contributed by atoms with Gasteiger partial charge in [-0.1, -0.05) is 12.1 Å². The quantitative estimate of drug-likeness (QED) is 0.419. The van der Waals surface area contributed by atoms with Crippen molar-refractivity contribution in [2.75, 3.05) is 6.54 Å². The molecule has 0 saturated carbocycles. The Morgan fingerprint density at radius 1 is 1.10 bits per heavy atom. The molecule has 0 saturated heterocycles. The van der Waals surface area contributed by atoms with Crippen LogP contribution < -0.4 is 0 Å². The minimum Gasteiger partial charge on any atom is -0.307 e. The van der Waals surface area contributed by atoms with Gasteiger partial charge in [0.1, 0.15) is 18.0 Å². The topological polar surface area (TPSA) is 88.7 Å². The zero-order chi connectivity index (χ0) is 21.1. The van der Waals surface area contributed by atoms with Crippen LogP contribution in [0.4, 0.5) is 4.39 Å². The summed E-state index contributed by atoms with van der Waals surface area (Å²) in [5, 5.41) is 23.1. The Hall–Kier alpha value is -3.77. The molecule has 30 heavy (non-hydrogen) atoms. The van der Waals surface area contributed by atoms with Crippen LogP contribution in [0.2, 0.25) is 0 Å². The van der Waals surface area contributed by atoms with E-state index in [-0.39, 0.29) is 16.8 Å². The Morgan fingerprint density at radius 2 is 1.90 bits per heavy atom. The molecule has 1 heterocycles. The predicted octanol–water partition coefficient (Wildman–Crippen LogP) is 5.83. The SMILES string of the molecule is N#Cc1cc(F)c(-n2c3c(c4cc(CCCCN=N)ccc42)CCC=C3)cc1C#N. The number of nitriles is 2. The van der Waals surface area contributed by atoms with Crippen LogP contribution in [-0.4, -0.2) is 11.1 Å². The van der Waals surface area contributed by atoms with E-state index >= 15 is 4.39 Å². The van der Waals surface area contributed by atoms with Crippen LogP contribution in [0.1, 0.15) is 47.2 Å². The van der Waals surface area contributed by atoms with E-state index in [9.17, 15) is 10.5 Å². The average Bonchev–Trinajstić information content (AvgIpc) is 3.10. The summed E-state index contributed by atoms with van der Waals surface area (Å²) in [4.78, 5) is 0. The predicted molar refractivity (Wildman–Crippen MR) is 113 cm³/mol. The number of unbranched alkanes of at least 4 members (excludes halogenated alkanes) is 1. The molecule has 4 rings (SSSR count). The number of rotatable bonds is 6. The molecule has 5 nitrogen and oxygen atoms in total. The van der Waals surface area contributed by atoms with Gasteiger partial charge in [0.2, 0.25) is 0 Å². The molecule has 3 aromatic rings. The third-order valence-electron chi connectivity index (χ3n) is 5.57. The van der Waals surface area contributed by atoms with Crippen LogP contribution in [0.15, 0.2) is 41.5 Å². The highest BCUT2D eigenvalue weighted by atomic mass is 19.1. The second kappa shape index (κ2) is 8.31. The van der Waals surface area contributed by atoms with Crippen molar-refractivity contribution in [1.82, 2.24) is 4.57 Å². The number of allylic oxidation sites excluding steroid dienone is 1. The van der Waals surface area contributed by atoms with Gasteiger partial charge in [0.15, 0.2) is 0 Å².